The van der Waals surface area contributed by atoms with Crippen molar-refractivity contribution in [1.82, 2.24) is 0 Å². The van der Waals surface area contributed by atoms with E-state index in [4.69, 9.17) is 0 Å². The molecular formula is C11H13F3O. The molecule has 4 heteroatoms. The largest absolute Gasteiger partial charge is 0.416 e. The standard InChI is InChI=1S/C11H13F3O/c1-3-10(15)9-6-8(11(12,13)14)5-4-7(9)2/h4-6,10,15H,3H2,1-2H3. The fourth-order valence-corrected chi connectivity index (χ4v) is 1.40. The van der Waals surface area contributed by atoms with Crippen molar-refractivity contribution >= 4 is 0 Å². The highest BCUT2D eigenvalue weighted by Crippen LogP contribution is 2.32. The number of aryl methyl sites for hydroxylation is 1. The molecule has 0 saturated carbocycles. The first kappa shape index (κ1) is 12.0. The highest BCUT2D eigenvalue weighted by atomic mass is 19.4. The number of halogens is 3. The molecule has 0 spiro atoms. The Morgan fingerprint density at radius 1 is 1.33 bits per heavy atom. The van der Waals surface area contributed by atoms with Gasteiger partial charge in [-0.15, -0.1) is 0 Å². The first-order valence-corrected chi connectivity index (χ1v) is 4.72. The van der Waals surface area contributed by atoms with Crippen LogP contribution in [0, 0.1) is 6.92 Å². The minimum absolute atomic E-state index is 0.354. The predicted octanol–water partition coefficient (Wildman–Crippen LogP) is 3.46. The highest BCUT2D eigenvalue weighted by Gasteiger charge is 2.31. The molecule has 0 radical (unpaired) electrons. The normalized spacial score (nSPS) is 14.0. The van der Waals surface area contributed by atoms with E-state index in [-0.39, 0.29) is 0 Å². The van der Waals surface area contributed by atoms with Gasteiger partial charge in [-0.1, -0.05) is 13.0 Å². The fourth-order valence-electron chi connectivity index (χ4n) is 1.40. The second-order valence-electron chi connectivity index (χ2n) is 3.49. The quantitative estimate of drug-likeness (QED) is 0.806. The Morgan fingerprint density at radius 2 is 1.93 bits per heavy atom. The van der Waals surface area contributed by atoms with Gasteiger partial charge in [0.15, 0.2) is 0 Å². The average Bonchev–Trinajstić information content (AvgIpc) is 2.15. The van der Waals surface area contributed by atoms with Gasteiger partial charge in [-0.3, -0.25) is 0 Å². The maximum absolute atomic E-state index is 12.4. The summed E-state index contributed by atoms with van der Waals surface area (Å²) in [6, 6.07) is 3.43. The van der Waals surface area contributed by atoms with Crippen molar-refractivity contribution in [3.05, 3.63) is 34.9 Å². The maximum Gasteiger partial charge on any atom is 0.416 e. The van der Waals surface area contributed by atoms with Crippen LogP contribution in [0.5, 0.6) is 0 Å². The number of rotatable bonds is 2. The molecular weight excluding hydrogens is 205 g/mol. The number of alkyl halides is 3. The molecule has 1 N–H and O–H groups in total. The van der Waals surface area contributed by atoms with Crippen LogP contribution in [0.3, 0.4) is 0 Å². The SMILES string of the molecule is CCC(O)c1cc(C(F)(F)F)ccc1C. The number of hydrogen-bond acceptors (Lipinski definition) is 1. The molecule has 1 nitrogen and oxygen atoms in total. The van der Waals surface area contributed by atoms with Gasteiger partial charge in [-0.2, -0.15) is 13.2 Å². The molecule has 0 saturated heterocycles. The van der Waals surface area contributed by atoms with E-state index in [1.165, 1.54) is 6.07 Å². The lowest BCUT2D eigenvalue weighted by atomic mass is 9.99. The molecule has 0 fully saturated rings. The van der Waals surface area contributed by atoms with Crippen molar-refractivity contribution in [2.75, 3.05) is 0 Å². The van der Waals surface area contributed by atoms with Crippen LogP contribution in [-0.2, 0) is 6.18 Å². The molecule has 0 heterocycles. The molecule has 0 amide bonds. The molecule has 0 aliphatic carbocycles. The smallest absolute Gasteiger partial charge is 0.388 e. The molecule has 0 aromatic heterocycles. The van der Waals surface area contributed by atoms with Crippen LogP contribution >= 0.6 is 0 Å². The second kappa shape index (κ2) is 4.23. The van der Waals surface area contributed by atoms with Gasteiger partial charge in [0, 0.05) is 0 Å². The van der Waals surface area contributed by atoms with Crippen LogP contribution in [0.15, 0.2) is 18.2 Å². The van der Waals surface area contributed by atoms with E-state index in [1.54, 1.807) is 13.8 Å². The topological polar surface area (TPSA) is 20.2 Å². The fraction of sp³-hybridized carbons (Fsp3) is 0.455. The number of benzene rings is 1. The van der Waals surface area contributed by atoms with Gasteiger partial charge in [-0.25, -0.2) is 0 Å². The van der Waals surface area contributed by atoms with E-state index in [1.807, 2.05) is 0 Å². The lowest BCUT2D eigenvalue weighted by Gasteiger charge is -2.14. The van der Waals surface area contributed by atoms with Crippen LogP contribution in [-0.4, -0.2) is 5.11 Å². The van der Waals surface area contributed by atoms with Gasteiger partial charge >= 0.3 is 6.18 Å². The maximum atomic E-state index is 12.4. The van der Waals surface area contributed by atoms with E-state index in [0.717, 1.165) is 12.1 Å². The van der Waals surface area contributed by atoms with E-state index in [9.17, 15) is 18.3 Å². The van der Waals surface area contributed by atoms with Crippen molar-refractivity contribution < 1.29 is 18.3 Å². The summed E-state index contributed by atoms with van der Waals surface area (Å²) in [4.78, 5) is 0. The first-order valence-electron chi connectivity index (χ1n) is 4.72. The third-order valence-electron chi connectivity index (χ3n) is 2.35. The lowest BCUT2D eigenvalue weighted by molar-refractivity contribution is -0.137. The Labute approximate surface area is 86.5 Å². The number of aliphatic hydroxyl groups excluding tert-OH is 1. The first-order chi connectivity index (χ1) is 6.86. The number of hydrogen-bond donors (Lipinski definition) is 1. The van der Waals surface area contributed by atoms with Crippen molar-refractivity contribution in [2.45, 2.75) is 32.5 Å². The van der Waals surface area contributed by atoms with Gasteiger partial charge in [0.1, 0.15) is 0 Å². The zero-order chi connectivity index (χ0) is 11.6. The molecule has 1 rings (SSSR count). The monoisotopic (exact) mass is 218 g/mol. The highest BCUT2D eigenvalue weighted by molar-refractivity contribution is 5.34. The zero-order valence-corrected chi connectivity index (χ0v) is 8.60. The number of aliphatic hydroxyl groups is 1. The van der Waals surface area contributed by atoms with Crippen LogP contribution in [0.4, 0.5) is 13.2 Å². The molecule has 1 atom stereocenters. The minimum atomic E-state index is -4.35. The summed E-state index contributed by atoms with van der Waals surface area (Å²) in [6.45, 7) is 3.42. The molecule has 0 aliphatic rings. The van der Waals surface area contributed by atoms with Crippen molar-refractivity contribution in [2.24, 2.45) is 0 Å². The molecule has 84 valence electrons. The van der Waals surface area contributed by atoms with E-state index in [0.29, 0.717) is 17.5 Å². The van der Waals surface area contributed by atoms with Gasteiger partial charge < -0.3 is 5.11 Å². The summed E-state index contributed by atoms with van der Waals surface area (Å²) in [6.07, 6.45) is -4.77. The van der Waals surface area contributed by atoms with E-state index < -0.39 is 17.8 Å². The minimum Gasteiger partial charge on any atom is -0.388 e. The third-order valence-corrected chi connectivity index (χ3v) is 2.35. The second-order valence-corrected chi connectivity index (χ2v) is 3.49. The van der Waals surface area contributed by atoms with Crippen LogP contribution < -0.4 is 0 Å². The Balaban J connectivity index is 3.17. The van der Waals surface area contributed by atoms with Gasteiger partial charge in [0.25, 0.3) is 0 Å². The summed E-state index contributed by atoms with van der Waals surface area (Å²) in [7, 11) is 0. The molecule has 0 bridgehead atoms. The predicted molar refractivity (Wildman–Crippen MR) is 51.4 cm³/mol. The molecule has 1 aromatic rings. The van der Waals surface area contributed by atoms with Gasteiger partial charge in [0.2, 0.25) is 0 Å². The van der Waals surface area contributed by atoms with Crippen LogP contribution in [0.2, 0.25) is 0 Å². The van der Waals surface area contributed by atoms with Crippen molar-refractivity contribution in [3.8, 4) is 0 Å². The average molecular weight is 218 g/mol. The summed E-state index contributed by atoms with van der Waals surface area (Å²) in [5, 5.41) is 9.53. The van der Waals surface area contributed by atoms with Crippen LogP contribution in [0.25, 0.3) is 0 Å². The summed E-state index contributed by atoms with van der Waals surface area (Å²) < 4.78 is 37.2. The molecule has 15 heavy (non-hydrogen) atoms. The zero-order valence-electron chi connectivity index (χ0n) is 8.60. The molecule has 1 aromatic carbocycles. The van der Waals surface area contributed by atoms with E-state index in [2.05, 4.69) is 0 Å². The Hall–Kier alpha value is -1.03. The Bertz CT molecular complexity index is 344. The van der Waals surface area contributed by atoms with Crippen molar-refractivity contribution in [1.29, 1.82) is 0 Å². The lowest BCUT2D eigenvalue weighted by Crippen LogP contribution is -2.07. The van der Waals surface area contributed by atoms with Crippen LogP contribution in [0.1, 0.15) is 36.1 Å². The van der Waals surface area contributed by atoms with Crippen molar-refractivity contribution in [3.63, 3.8) is 0 Å². The van der Waals surface area contributed by atoms with Gasteiger partial charge in [-0.05, 0) is 36.6 Å². The molecule has 1 unspecified atom stereocenters. The Kier molecular flexibility index (Phi) is 3.39. The third kappa shape index (κ3) is 2.72. The molecule has 0 aliphatic heterocycles. The van der Waals surface area contributed by atoms with E-state index >= 15 is 0 Å². The summed E-state index contributed by atoms with van der Waals surface area (Å²) in [5.41, 5.74) is 0.320. The Morgan fingerprint density at radius 3 is 2.40 bits per heavy atom. The van der Waals surface area contributed by atoms with Gasteiger partial charge in [0.05, 0.1) is 11.7 Å². The summed E-state index contributed by atoms with van der Waals surface area (Å²) in [5.74, 6) is 0. The summed E-state index contributed by atoms with van der Waals surface area (Å²) >= 11 is 0.